The molecule has 1 aliphatic carbocycles. The Morgan fingerprint density at radius 1 is 1.13 bits per heavy atom. The normalized spacial score (nSPS) is 25.6. The molecule has 0 spiro atoms. The molecule has 0 aromatic heterocycles. The van der Waals surface area contributed by atoms with Gasteiger partial charge in [-0.25, -0.2) is 22.0 Å². The van der Waals surface area contributed by atoms with Crippen molar-refractivity contribution >= 4 is 38.5 Å². The Labute approximate surface area is 181 Å². The molecule has 30 heavy (non-hydrogen) atoms. The molecule has 4 rings (SSSR count). The van der Waals surface area contributed by atoms with Crippen LogP contribution in [-0.4, -0.2) is 26.6 Å². The van der Waals surface area contributed by atoms with Crippen LogP contribution in [0.15, 0.2) is 41.3 Å². The van der Waals surface area contributed by atoms with Gasteiger partial charge < -0.3 is 9.47 Å². The second-order valence-electron chi connectivity index (χ2n) is 7.34. The van der Waals surface area contributed by atoms with Gasteiger partial charge in [0.1, 0.15) is 16.7 Å². The Balaban J connectivity index is 1.93. The predicted octanol–water partition coefficient (Wildman–Crippen LogP) is 5.22. The highest BCUT2D eigenvalue weighted by molar-refractivity contribution is 7.92. The maximum atomic E-state index is 15.0. The van der Waals surface area contributed by atoms with E-state index in [1.807, 2.05) is 0 Å². The zero-order valence-corrected chi connectivity index (χ0v) is 17.7. The maximum Gasteiger partial charge on any atom is 0.404 e. The van der Waals surface area contributed by atoms with Crippen LogP contribution < -0.4 is 4.74 Å². The third kappa shape index (κ3) is 3.25. The van der Waals surface area contributed by atoms with E-state index in [2.05, 4.69) is 0 Å². The molecule has 0 radical (unpaired) electrons. The van der Waals surface area contributed by atoms with E-state index in [1.54, 1.807) is 0 Å². The number of carbonyl (C=O) groups excluding carboxylic acids is 1. The van der Waals surface area contributed by atoms with Crippen molar-refractivity contribution in [3.8, 4) is 5.75 Å². The van der Waals surface area contributed by atoms with Crippen molar-refractivity contribution in [3.63, 3.8) is 0 Å². The smallest absolute Gasteiger partial charge is 0.404 e. The van der Waals surface area contributed by atoms with Gasteiger partial charge in [-0.3, -0.25) is 0 Å². The topological polar surface area (TPSA) is 69.7 Å². The number of hydrogen-bond acceptors (Lipinski definition) is 5. The molecule has 1 aliphatic heterocycles. The van der Waals surface area contributed by atoms with Gasteiger partial charge in [0, 0.05) is 22.5 Å². The molecule has 0 saturated heterocycles. The van der Waals surface area contributed by atoms with Crippen molar-refractivity contribution in [2.24, 2.45) is 5.92 Å². The molecule has 0 N–H and O–H groups in total. The molecule has 5 nitrogen and oxygen atoms in total. The van der Waals surface area contributed by atoms with Gasteiger partial charge in [-0.1, -0.05) is 11.6 Å². The van der Waals surface area contributed by atoms with Gasteiger partial charge in [-0.2, -0.15) is 0 Å². The molecule has 0 bridgehead atoms. The first-order valence-corrected chi connectivity index (χ1v) is 11.4. The summed E-state index contributed by atoms with van der Waals surface area (Å²) >= 11 is 11.2. The van der Waals surface area contributed by atoms with E-state index in [9.17, 15) is 17.6 Å². The van der Waals surface area contributed by atoms with Gasteiger partial charge in [-0.15, -0.1) is 0 Å². The van der Waals surface area contributed by atoms with E-state index < -0.39 is 49.4 Å². The van der Waals surface area contributed by atoms with Crippen LogP contribution in [-0.2, 0) is 19.3 Å². The van der Waals surface area contributed by atoms with Gasteiger partial charge >= 0.3 is 5.43 Å². The van der Waals surface area contributed by atoms with Crippen molar-refractivity contribution in [2.75, 3.05) is 6.61 Å². The number of hydrogen-bond donors (Lipinski definition) is 0. The fraction of sp³-hybridized carbons (Fsp3) is 0.350. The van der Waals surface area contributed by atoms with Crippen LogP contribution in [0, 0.1) is 17.6 Å². The first kappa shape index (κ1) is 21.3. The molecular weight excluding hydrogens is 461 g/mol. The van der Waals surface area contributed by atoms with Crippen LogP contribution in [0.4, 0.5) is 13.6 Å². The van der Waals surface area contributed by atoms with E-state index in [4.69, 9.17) is 32.7 Å². The zero-order chi connectivity index (χ0) is 21.7. The standard InChI is InChI=1S/C20H16Cl2F2O5S/c21-12-1-3-14(4-2-12)30(26,27)20-8-7-13(29-19(22)25)9-11(20)10-28-18-16(24)6-5-15(23)17(18)20/h1-6,11,13H,7-10H2. The molecular formula is C20H16Cl2F2O5S. The summed E-state index contributed by atoms with van der Waals surface area (Å²) in [6.45, 7) is -0.184. The molecule has 3 atom stereocenters. The second kappa shape index (κ2) is 7.66. The van der Waals surface area contributed by atoms with Crippen molar-refractivity contribution < 1.29 is 31.5 Å². The minimum Gasteiger partial charge on any atom is -0.490 e. The number of carbonyl (C=O) groups is 1. The average Bonchev–Trinajstić information content (AvgIpc) is 2.70. The number of ether oxygens (including phenoxy) is 2. The van der Waals surface area contributed by atoms with Gasteiger partial charge in [-0.05, 0) is 55.7 Å². The van der Waals surface area contributed by atoms with Gasteiger partial charge in [0.2, 0.25) is 0 Å². The first-order valence-electron chi connectivity index (χ1n) is 9.14. The highest BCUT2D eigenvalue weighted by atomic mass is 35.5. The SMILES string of the molecule is O=C(Cl)OC1CCC2(S(=O)(=O)c3ccc(Cl)cc3)c3c(F)ccc(F)c3OCC2C1. The first-order chi connectivity index (χ1) is 14.2. The largest absolute Gasteiger partial charge is 0.490 e. The molecule has 1 fully saturated rings. The number of benzene rings is 2. The van der Waals surface area contributed by atoms with E-state index in [0.29, 0.717) is 5.02 Å². The molecule has 1 heterocycles. The lowest BCUT2D eigenvalue weighted by Crippen LogP contribution is -2.53. The Hall–Kier alpha value is -1.90. The average molecular weight is 477 g/mol. The number of fused-ring (bicyclic) bond motifs is 3. The molecule has 3 unspecified atom stereocenters. The second-order valence-corrected chi connectivity index (χ2v) is 10.3. The molecule has 1 saturated carbocycles. The fourth-order valence-electron chi connectivity index (χ4n) is 4.54. The van der Waals surface area contributed by atoms with Crippen LogP contribution in [0.1, 0.15) is 24.8 Å². The van der Waals surface area contributed by atoms with E-state index in [1.165, 1.54) is 24.3 Å². The van der Waals surface area contributed by atoms with Crippen LogP contribution in [0.3, 0.4) is 0 Å². The third-order valence-electron chi connectivity index (χ3n) is 5.82. The lowest BCUT2D eigenvalue weighted by atomic mass is 9.72. The van der Waals surface area contributed by atoms with Crippen molar-refractivity contribution in [3.05, 3.63) is 58.6 Å². The minimum absolute atomic E-state index is 0.0683. The third-order valence-corrected chi connectivity index (χ3v) is 8.75. The highest BCUT2D eigenvalue weighted by Crippen LogP contribution is 2.56. The lowest BCUT2D eigenvalue weighted by molar-refractivity contribution is 0.0317. The van der Waals surface area contributed by atoms with E-state index >= 15 is 4.39 Å². The minimum atomic E-state index is -4.22. The summed E-state index contributed by atoms with van der Waals surface area (Å²) in [5.41, 5.74) is -1.34. The Kier molecular flexibility index (Phi) is 5.45. The highest BCUT2D eigenvalue weighted by Gasteiger charge is 2.60. The Morgan fingerprint density at radius 3 is 2.47 bits per heavy atom. The fourth-order valence-corrected chi connectivity index (χ4v) is 7.16. The summed E-state index contributed by atoms with van der Waals surface area (Å²) in [6.07, 6.45) is -0.582. The summed E-state index contributed by atoms with van der Waals surface area (Å²) in [6, 6.07) is 7.30. The number of halogens is 4. The van der Waals surface area contributed by atoms with Crippen molar-refractivity contribution in [2.45, 2.75) is 35.0 Å². The summed E-state index contributed by atoms with van der Waals surface area (Å²) < 4.78 is 66.0. The summed E-state index contributed by atoms with van der Waals surface area (Å²) in [5.74, 6) is -2.92. The number of rotatable bonds is 3. The lowest BCUT2D eigenvalue weighted by Gasteiger charge is -2.48. The van der Waals surface area contributed by atoms with Gasteiger partial charge in [0.05, 0.1) is 17.1 Å². The van der Waals surface area contributed by atoms with Crippen LogP contribution in [0.25, 0.3) is 0 Å². The predicted molar refractivity (Wildman–Crippen MR) is 106 cm³/mol. The molecule has 10 heteroatoms. The quantitative estimate of drug-likeness (QED) is 0.567. The van der Waals surface area contributed by atoms with Crippen LogP contribution >= 0.6 is 23.2 Å². The van der Waals surface area contributed by atoms with Gasteiger partial charge in [0.15, 0.2) is 21.4 Å². The van der Waals surface area contributed by atoms with Crippen molar-refractivity contribution in [1.29, 1.82) is 0 Å². The van der Waals surface area contributed by atoms with E-state index in [-0.39, 0.29) is 36.3 Å². The van der Waals surface area contributed by atoms with Gasteiger partial charge in [0.25, 0.3) is 0 Å². The summed E-state index contributed by atoms with van der Waals surface area (Å²) in [4.78, 5) is 11.1. The maximum absolute atomic E-state index is 15.0. The molecule has 160 valence electrons. The Bertz CT molecular complexity index is 1110. The van der Waals surface area contributed by atoms with Crippen molar-refractivity contribution in [1.82, 2.24) is 0 Å². The molecule has 2 aromatic carbocycles. The monoisotopic (exact) mass is 476 g/mol. The van der Waals surface area contributed by atoms with E-state index in [0.717, 1.165) is 12.1 Å². The summed E-state index contributed by atoms with van der Waals surface area (Å²) in [5, 5.41) is 0.338. The molecule has 2 aliphatic rings. The zero-order valence-electron chi connectivity index (χ0n) is 15.4. The molecule has 0 amide bonds. The van der Waals surface area contributed by atoms with Crippen LogP contribution in [0.2, 0.25) is 5.02 Å². The summed E-state index contributed by atoms with van der Waals surface area (Å²) in [7, 11) is -4.22. The number of sulfone groups is 1. The van der Waals surface area contributed by atoms with Crippen LogP contribution in [0.5, 0.6) is 5.75 Å². The Morgan fingerprint density at radius 2 is 1.80 bits per heavy atom. The molecule has 2 aromatic rings.